The topological polar surface area (TPSA) is 64.8 Å². The van der Waals surface area contributed by atoms with E-state index < -0.39 is 21.6 Å². The third-order valence-electron chi connectivity index (χ3n) is 1.70. The van der Waals surface area contributed by atoms with Crippen LogP contribution in [-0.2, 0) is 13.8 Å². The SMILES string of the molecule is C=NB1OB(N=C)OC(C)B(N=C)O1. The Bertz CT molecular complexity index is 242. The number of hydrogen-bond donors (Lipinski definition) is 0. The van der Waals surface area contributed by atoms with Crippen LogP contribution < -0.4 is 0 Å². The van der Waals surface area contributed by atoms with Gasteiger partial charge in [0.2, 0.25) is 0 Å². The zero-order chi connectivity index (χ0) is 10.6. The van der Waals surface area contributed by atoms with E-state index in [-0.39, 0.29) is 6.00 Å². The highest BCUT2D eigenvalue weighted by Gasteiger charge is 2.41. The van der Waals surface area contributed by atoms with E-state index in [0.717, 1.165) is 0 Å². The first-order valence-electron chi connectivity index (χ1n) is 4.05. The van der Waals surface area contributed by atoms with Gasteiger partial charge in [-0.3, -0.25) is 9.81 Å². The average Bonchev–Trinajstić information content (AvgIpc) is 2.36. The van der Waals surface area contributed by atoms with Crippen molar-refractivity contribution in [2.24, 2.45) is 14.7 Å². The highest BCUT2D eigenvalue weighted by atomic mass is 16.7. The van der Waals surface area contributed by atoms with Gasteiger partial charge in [0.05, 0.1) is 6.00 Å². The summed E-state index contributed by atoms with van der Waals surface area (Å²) >= 11 is 0. The van der Waals surface area contributed by atoms with Gasteiger partial charge in [0.15, 0.2) is 0 Å². The molecule has 1 unspecified atom stereocenters. The highest BCUT2D eigenvalue weighted by molar-refractivity contribution is 6.69. The van der Waals surface area contributed by atoms with Crippen molar-refractivity contribution in [1.29, 1.82) is 0 Å². The van der Waals surface area contributed by atoms with Gasteiger partial charge in [0, 0.05) is 0 Å². The Hall–Kier alpha value is -0.915. The lowest BCUT2D eigenvalue weighted by atomic mass is 9.75. The molecule has 14 heavy (non-hydrogen) atoms. The van der Waals surface area contributed by atoms with Crippen LogP contribution in [0.5, 0.6) is 0 Å². The molecule has 1 rings (SSSR count). The van der Waals surface area contributed by atoms with Crippen LogP contribution in [0.4, 0.5) is 0 Å². The van der Waals surface area contributed by atoms with E-state index in [1.807, 2.05) is 0 Å². The van der Waals surface area contributed by atoms with Gasteiger partial charge < -0.3 is 18.7 Å². The van der Waals surface area contributed by atoms with Gasteiger partial charge in [0.25, 0.3) is 0 Å². The first kappa shape index (κ1) is 11.2. The van der Waals surface area contributed by atoms with Crippen LogP contribution in [0.3, 0.4) is 0 Å². The summed E-state index contributed by atoms with van der Waals surface area (Å²) in [4.78, 5) is 10.9. The third-order valence-corrected chi connectivity index (χ3v) is 1.70. The maximum Gasteiger partial charge on any atom is 0.599 e. The molecule has 0 aliphatic carbocycles. The molecule has 6 nitrogen and oxygen atoms in total. The molecule has 1 saturated heterocycles. The lowest BCUT2D eigenvalue weighted by molar-refractivity contribution is 0.251. The molecule has 1 aliphatic heterocycles. The minimum Gasteiger partial charge on any atom is -0.434 e. The molecule has 1 fully saturated rings. The molecule has 1 heterocycles. The molecule has 0 spiro atoms. The summed E-state index contributed by atoms with van der Waals surface area (Å²) in [5.74, 6) is 0. The van der Waals surface area contributed by atoms with Crippen LogP contribution in [-0.4, -0.2) is 47.7 Å². The summed E-state index contributed by atoms with van der Waals surface area (Å²) in [6.45, 7) is 11.8. The number of hydrogen-bond acceptors (Lipinski definition) is 6. The fourth-order valence-electron chi connectivity index (χ4n) is 1.01. The number of rotatable bonds is 3. The van der Waals surface area contributed by atoms with E-state index in [0.29, 0.717) is 0 Å². The molecule has 72 valence electrons. The Kier molecular flexibility index (Phi) is 4.06. The average molecular weight is 193 g/mol. The zero-order valence-electron chi connectivity index (χ0n) is 8.00. The predicted molar refractivity (Wildman–Crippen MR) is 58.6 cm³/mol. The molecular weight excluding hydrogens is 183 g/mol. The third kappa shape index (κ3) is 2.54. The van der Waals surface area contributed by atoms with Gasteiger partial charge in [-0.15, -0.1) is 0 Å². The summed E-state index contributed by atoms with van der Waals surface area (Å²) in [5.41, 5.74) is 0. The van der Waals surface area contributed by atoms with Crippen molar-refractivity contribution in [3.8, 4) is 0 Å². The Morgan fingerprint density at radius 2 is 1.64 bits per heavy atom. The Morgan fingerprint density at radius 1 is 1.00 bits per heavy atom. The Balaban J connectivity index is 2.74. The van der Waals surface area contributed by atoms with E-state index in [1.54, 1.807) is 6.92 Å². The van der Waals surface area contributed by atoms with E-state index in [1.165, 1.54) is 0 Å². The molecule has 1 atom stereocenters. The summed E-state index contributed by atoms with van der Waals surface area (Å²) in [5, 5.41) is 0. The van der Waals surface area contributed by atoms with E-state index in [9.17, 15) is 0 Å². The van der Waals surface area contributed by atoms with Crippen molar-refractivity contribution in [3.05, 3.63) is 0 Å². The predicted octanol–water partition coefficient (Wildman–Crippen LogP) is -0.463. The first-order chi connectivity index (χ1) is 6.71. The number of nitrogens with zero attached hydrogens (tertiary/aromatic N) is 3. The zero-order valence-corrected chi connectivity index (χ0v) is 8.00. The Morgan fingerprint density at radius 3 is 2.14 bits per heavy atom. The highest BCUT2D eigenvalue weighted by Crippen LogP contribution is 2.12. The molecule has 0 aromatic heterocycles. The van der Waals surface area contributed by atoms with E-state index >= 15 is 0 Å². The maximum atomic E-state index is 5.30. The molecule has 0 N–H and O–H groups in total. The second-order valence-electron chi connectivity index (χ2n) is 2.67. The lowest BCUT2D eigenvalue weighted by Crippen LogP contribution is -2.34. The molecule has 0 aromatic rings. The molecule has 0 amide bonds. The van der Waals surface area contributed by atoms with Gasteiger partial charge in [-0.05, 0) is 27.1 Å². The fraction of sp³-hybridized carbons (Fsp3) is 0.400. The fourth-order valence-corrected chi connectivity index (χ4v) is 1.01. The van der Waals surface area contributed by atoms with Crippen LogP contribution >= 0.6 is 0 Å². The van der Waals surface area contributed by atoms with Crippen LogP contribution in [0.1, 0.15) is 6.92 Å². The normalized spacial score (nSPS) is 22.9. The quantitative estimate of drug-likeness (QED) is 0.449. The monoisotopic (exact) mass is 193 g/mol. The largest absolute Gasteiger partial charge is 0.599 e. The van der Waals surface area contributed by atoms with Crippen molar-refractivity contribution in [2.75, 3.05) is 0 Å². The second-order valence-corrected chi connectivity index (χ2v) is 2.67. The summed E-state index contributed by atoms with van der Waals surface area (Å²) in [7, 11) is -2.21. The van der Waals surface area contributed by atoms with Crippen molar-refractivity contribution in [2.45, 2.75) is 12.9 Å². The van der Waals surface area contributed by atoms with Gasteiger partial charge in [-0.2, -0.15) is 0 Å². The molecule has 0 aromatic carbocycles. The lowest BCUT2D eigenvalue weighted by Gasteiger charge is -2.12. The molecule has 0 bridgehead atoms. The summed E-state index contributed by atoms with van der Waals surface area (Å²) in [6.07, 6.45) is 0. The van der Waals surface area contributed by atoms with Gasteiger partial charge in [-0.25, -0.2) is 0 Å². The van der Waals surface area contributed by atoms with Crippen LogP contribution in [0.25, 0.3) is 0 Å². The second kappa shape index (κ2) is 5.09. The van der Waals surface area contributed by atoms with Crippen molar-refractivity contribution in [1.82, 2.24) is 0 Å². The summed E-state index contributed by atoms with van der Waals surface area (Å²) in [6, 6.07) is -0.324. The van der Waals surface area contributed by atoms with E-state index in [4.69, 9.17) is 13.8 Å². The first-order valence-corrected chi connectivity index (χ1v) is 4.05. The minimum atomic E-state index is -0.856. The molecule has 9 heteroatoms. The van der Waals surface area contributed by atoms with Gasteiger partial charge in [-0.1, -0.05) is 0 Å². The Labute approximate surface area is 83.9 Å². The molecule has 0 saturated carbocycles. The van der Waals surface area contributed by atoms with Crippen LogP contribution in [0.2, 0.25) is 0 Å². The van der Waals surface area contributed by atoms with Crippen molar-refractivity contribution in [3.63, 3.8) is 0 Å². The minimum absolute atomic E-state index is 0.324. The van der Waals surface area contributed by atoms with Gasteiger partial charge in [0.1, 0.15) is 0 Å². The standard InChI is InChI=1S/C5H10B3N3O3/c1-5-6(9-2)13-8(11-4)14-7(10-3)12-5/h5H,2-4H2,1H3. The molecule has 1 aliphatic rings. The van der Waals surface area contributed by atoms with E-state index in [2.05, 4.69) is 34.9 Å². The van der Waals surface area contributed by atoms with Gasteiger partial charge >= 0.3 is 21.6 Å². The van der Waals surface area contributed by atoms with Crippen molar-refractivity contribution < 1.29 is 13.8 Å². The molecular formula is C5H10B3N3O3. The smallest absolute Gasteiger partial charge is 0.434 e. The van der Waals surface area contributed by atoms with Crippen molar-refractivity contribution >= 4 is 41.7 Å². The van der Waals surface area contributed by atoms with Crippen LogP contribution in [0.15, 0.2) is 14.7 Å². The van der Waals surface area contributed by atoms with Crippen LogP contribution in [0, 0.1) is 0 Å². The molecule has 0 radical (unpaired) electrons. The maximum absolute atomic E-state index is 5.30. The summed E-state index contributed by atoms with van der Waals surface area (Å²) < 4.78 is 15.7.